The molecular formula is C23H19FN2O3. The average Bonchev–Trinajstić information content (AvgIpc) is 3.23. The van der Waals surface area contributed by atoms with E-state index in [1.165, 1.54) is 12.1 Å². The highest BCUT2D eigenvalue weighted by Gasteiger charge is 2.14. The fourth-order valence-electron chi connectivity index (χ4n) is 3.07. The van der Waals surface area contributed by atoms with Gasteiger partial charge in [-0.05, 0) is 35.9 Å². The number of nitrogens with one attached hydrogen (secondary N) is 1. The Morgan fingerprint density at radius 1 is 0.966 bits per heavy atom. The van der Waals surface area contributed by atoms with Gasteiger partial charge in [-0.2, -0.15) is 5.10 Å². The summed E-state index contributed by atoms with van der Waals surface area (Å²) in [6.45, 7) is 0.0760. The number of halogens is 1. The zero-order valence-corrected chi connectivity index (χ0v) is 15.7. The number of aromatic hydroxyl groups is 1. The second-order valence-corrected chi connectivity index (χ2v) is 6.45. The maximum absolute atomic E-state index is 13.7. The Balaban J connectivity index is 1.57. The maximum atomic E-state index is 13.7. The molecular weight excluding hydrogens is 371 g/mol. The number of benzene rings is 3. The molecule has 0 aliphatic heterocycles. The van der Waals surface area contributed by atoms with Crippen LogP contribution in [0.1, 0.15) is 5.56 Å². The van der Waals surface area contributed by atoms with Crippen molar-refractivity contribution in [3.63, 3.8) is 0 Å². The average molecular weight is 390 g/mol. The third-order valence-electron chi connectivity index (χ3n) is 4.63. The molecule has 4 rings (SSSR count). The van der Waals surface area contributed by atoms with E-state index >= 15 is 0 Å². The van der Waals surface area contributed by atoms with Crippen molar-refractivity contribution in [2.45, 2.75) is 6.61 Å². The molecule has 0 aliphatic carbocycles. The molecule has 146 valence electrons. The summed E-state index contributed by atoms with van der Waals surface area (Å²) >= 11 is 0. The predicted molar refractivity (Wildman–Crippen MR) is 108 cm³/mol. The number of methoxy groups -OCH3 is 1. The van der Waals surface area contributed by atoms with Crippen LogP contribution in [0.2, 0.25) is 0 Å². The fourth-order valence-corrected chi connectivity index (χ4v) is 3.07. The Morgan fingerprint density at radius 2 is 1.72 bits per heavy atom. The summed E-state index contributed by atoms with van der Waals surface area (Å²) < 4.78 is 24.5. The van der Waals surface area contributed by atoms with E-state index in [0.717, 1.165) is 16.9 Å². The molecule has 0 saturated carbocycles. The second-order valence-electron chi connectivity index (χ2n) is 6.45. The van der Waals surface area contributed by atoms with E-state index in [-0.39, 0.29) is 18.2 Å². The highest BCUT2D eigenvalue weighted by Crippen LogP contribution is 2.37. The normalized spacial score (nSPS) is 10.7. The summed E-state index contributed by atoms with van der Waals surface area (Å²) in [6.07, 6.45) is 1.71. The van der Waals surface area contributed by atoms with Crippen LogP contribution in [0.25, 0.3) is 22.4 Å². The predicted octanol–water partition coefficient (Wildman–Crippen LogP) is 5.18. The summed E-state index contributed by atoms with van der Waals surface area (Å²) in [5, 5.41) is 17.6. The van der Waals surface area contributed by atoms with E-state index in [9.17, 15) is 9.50 Å². The lowest BCUT2D eigenvalue weighted by Crippen LogP contribution is -1.98. The molecule has 0 saturated heterocycles. The minimum absolute atomic E-state index is 0.0371. The number of aromatic amines is 1. The summed E-state index contributed by atoms with van der Waals surface area (Å²) in [5.41, 5.74) is 3.52. The third-order valence-corrected chi connectivity index (χ3v) is 4.63. The first-order valence-electron chi connectivity index (χ1n) is 9.03. The van der Waals surface area contributed by atoms with E-state index in [1.807, 2.05) is 24.3 Å². The Labute approximate surface area is 167 Å². The van der Waals surface area contributed by atoms with E-state index < -0.39 is 0 Å². The van der Waals surface area contributed by atoms with Gasteiger partial charge in [0.1, 0.15) is 29.7 Å². The Morgan fingerprint density at radius 3 is 2.45 bits per heavy atom. The van der Waals surface area contributed by atoms with E-state index in [2.05, 4.69) is 10.2 Å². The quantitative estimate of drug-likeness (QED) is 0.476. The molecule has 0 unspecified atom stereocenters. The van der Waals surface area contributed by atoms with Crippen molar-refractivity contribution >= 4 is 0 Å². The van der Waals surface area contributed by atoms with Gasteiger partial charge in [-0.3, -0.25) is 5.10 Å². The Hall–Kier alpha value is -3.80. The van der Waals surface area contributed by atoms with Crippen LogP contribution in [0.5, 0.6) is 17.2 Å². The first-order valence-corrected chi connectivity index (χ1v) is 9.03. The SMILES string of the molecule is COc1ccc(-c2cn[nH]c2-c2ccc(OCc3ccccc3F)cc2O)cc1. The zero-order valence-electron chi connectivity index (χ0n) is 15.7. The van der Waals surface area contributed by atoms with Crippen molar-refractivity contribution in [3.05, 3.63) is 84.3 Å². The molecule has 29 heavy (non-hydrogen) atoms. The van der Waals surface area contributed by atoms with Crippen LogP contribution in [0, 0.1) is 5.82 Å². The summed E-state index contributed by atoms with van der Waals surface area (Å²) in [5.74, 6) is 0.919. The molecule has 0 fully saturated rings. The van der Waals surface area contributed by atoms with Crippen LogP contribution in [0.15, 0.2) is 72.9 Å². The fraction of sp³-hybridized carbons (Fsp3) is 0.0870. The number of nitrogens with zero attached hydrogens (tertiary/aromatic N) is 1. The smallest absolute Gasteiger partial charge is 0.129 e. The topological polar surface area (TPSA) is 67.4 Å². The Bertz CT molecular complexity index is 1120. The van der Waals surface area contributed by atoms with Crippen LogP contribution < -0.4 is 9.47 Å². The number of rotatable bonds is 6. The first kappa shape index (κ1) is 18.6. The molecule has 4 aromatic rings. The van der Waals surface area contributed by atoms with Crippen molar-refractivity contribution in [1.29, 1.82) is 0 Å². The highest BCUT2D eigenvalue weighted by atomic mass is 19.1. The number of ether oxygens (including phenoxy) is 2. The van der Waals surface area contributed by atoms with E-state index in [1.54, 1.807) is 43.6 Å². The van der Waals surface area contributed by atoms with E-state index in [0.29, 0.717) is 22.6 Å². The minimum atomic E-state index is -0.324. The molecule has 0 radical (unpaired) electrons. The van der Waals surface area contributed by atoms with Crippen LogP contribution in [-0.4, -0.2) is 22.4 Å². The molecule has 1 heterocycles. The number of aromatic nitrogens is 2. The molecule has 6 heteroatoms. The maximum Gasteiger partial charge on any atom is 0.129 e. The van der Waals surface area contributed by atoms with E-state index in [4.69, 9.17) is 9.47 Å². The van der Waals surface area contributed by atoms with Gasteiger partial charge < -0.3 is 14.6 Å². The molecule has 0 atom stereocenters. The third kappa shape index (κ3) is 3.91. The standard InChI is InChI=1S/C23H19FN2O3/c1-28-17-8-6-15(7-9-17)20-13-25-26-23(20)19-11-10-18(12-22(19)27)29-14-16-4-2-3-5-21(16)24/h2-13,27H,14H2,1H3,(H,25,26). The lowest BCUT2D eigenvalue weighted by molar-refractivity contribution is 0.298. The molecule has 2 N–H and O–H groups in total. The Kier molecular flexibility index (Phi) is 5.16. The van der Waals surface area contributed by atoms with Gasteiger partial charge in [0, 0.05) is 22.8 Å². The summed E-state index contributed by atoms with van der Waals surface area (Å²) in [7, 11) is 1.62. The van der Waals surface area contributed by atoms with Crippen LogP contribution >= 0.6 is 0 Å². The summed E-state index contributed by atoms with van der Waals surface area (Å²) in [4.78, 5) is 0. The number of phenols is 1. The van der Waals surface area contributed by atoms with Gasteiger partial charge in [0.15, 0.2) is 0 Å². The van der Waals surface area contributed by atoms with Crippen LogP contribution in [0.3, 0.4) is 0 Å². The summed E-state index contributed by atoms with van der Waals surface area (Å²) in [6, 6.07) is 19.0. The molecule has 0 aliphatic rings. The van der Waals surface area contributed by atoms with Gasteiger partial charge in [-0.25, -0.2) is 4.39 Å². The monoisotopic (exact) mass is 390 g/mol. The first-order chi connectivity index (χ1) is 14.2. The zero-order chi connectivity index (χ0) is 20.2. The number of hydrogen-bond acceptors (Lipinski definition) is 4. The number of H-pyrrole nitrogens is 1. The van der Waals surface area contributed by atoms with Crippen LogP contribution in [-0.2, 0) is 6.61 Å². The van der Waals surface area contributed by atoms with Gasteiger partial charge in [0.25, 0.3) is 0 Å². The molecule has 0 bridgehead atoms. The van der Waals surface area contributed by atoms with Crippen molar-refractivity contribution in [2.75, 3.05) is 7.11 Å². The van der Waals surface area contributed by atoms with Gasteiger partial charge in [0.05, 0.1) is 19.0 Å². The van der Waals surface area contributed by atoms with Gasteiger partial charge in [-0.1, -0.05) is 30.3 Å². The van der Waals surface area contributed by atoms with Gasteiger partial charge in [-0.15, -0.1) is 0 Å². The second kappa shape index (κ2) is 8.06. The number of hydrogen-bond donors (Lipinski definition) is 2. The molecule has 1 aromatic heterocycles. The minimum Gasteiger partial charge on any atom is -0.507 e. The van der Waals surface area contributed by atoms with Crippen molar-refractivity contribution in [1.82, 2.24) is 10.2 Å². The van der Waals surface area contributed by atoms with Crippen LogP contribution in [0.4, 0.5) is 4.39 Å². The molecule has 0 amide bonds. The van der Waals surface area contributed by atoms with Crippen molar-refractivity contribution < 1.29 is 19.0 Å². The molecule has 0 spiro atoms. The van der Waals surface area contributed by atoms with Gasteiger partial charge >= 0.3 is 0 Å². The largest absolute Gasteiger partial charge is 0.507 e. The van der Waals surface area contributed by atoms with Crippen molar-refractivity contribution in [3.8, 4) is 39.6 Å². The lowest BCUT2D eigenvalue weighted by Gasteiger charge is -2.10. The molecule has 3 aromatic carbocycles. The molecule has 5 nitrogen and oxygen atoms in total. The number of phenolic OH excluding ortho intramolecular Hbond substituents is 1. The van der Waals surface area contributed by atoms with Crippen molar-refractivity contribution in [2.24, 2.45) is 0 Å². The lowest BCUT2D eigenvalue weighted by atomic mass is 10.0. The highest BCUT2D eigenvalue weighted by molar-refractivity contribution is 5.83. The van der Waals surface area contributed by atoms with Gasteiger partial charge in [0.2, 0.25) is 0 Å².